The SMILES string of the molecule is CCNC(=NCC(O)(CC)CC)N1CCC(CN(CC)CC(F)(F)F)C1. The van der Waals surface area contributed by atoms with Gasteiger partial charge in [0.2, 0.25) is 0 Å². The van der Waals surface area contributed by atoms with E-state index in [2.05, 4.69) is 15.2 Å². The molecule has 0 bridgehead atoms. The van der Waals surface area contributed by atoms with E-state index < -0.39 is 18.3 Å². The average Bonchev–Trinajstić information content (AvgIpc) is 3.04. The van der Waals surface area contributed by atoms with E-state index in [-0.39, 0.29) is 5.92 Å². The van der Waals surface area contributed by atoms with Crippen LogP contribution in [0.3, 0.4) is 0 Å². The Morgan fingerprint density at radius 3 is 2.38 bits per heavy atom. The van der Waals surface area contributed by atoms with Gasteiger partial charge < -0.3 is 15.3 Å². The van der Waals surface area contributed by atoms with Crippen molar-refractivity contribution in [2.75, 3.05) is 45.8 Å². The second-order valence-electron chi connectivity index (χ2n) is 7.15. The summed E-state index contributed by atoms with van der Waals surface area (Å²) in [7, 11) is 0. The zero-order valence-corrected chi connectivity index (χ0v) is 16.6. The molecule has 1 unspecified atom stereocenters. The monoisotopic (exact) mass is 380 g/mol. The van der Waals surface area contributed by atoms with E-state index >= 15 is 0 Å². The van der Waals surface area contributed by atoms with Crippen molar-refractivity contribution >= 4 is 5.96 Å². The Morgan fingerprint density at radius 1 is 1.23 bits per heavy atom. The lowest BCUT2D eigenvalue weighted by Crippen LogP contribution is -2.43. The lowest BCUT2D eigenvalue weighted by Gasteiger charge is -2.27. The van der Waals surface area contributed by atoms with Crippen molar-refractivity contribution in [1.29, 1.82) is 0 Å². The Labute approximate surface area is 155 Å². The van der Waals surface area contributed by atoms with Crippen LogP contribution in [0.1, 0.15) is 47.0 Å². The molecule has 1 aliphatic heterocycles. The molecule has 0 saturated carbocycles. The van der Waals surface area contributed by atoms with Gasteiger partial charge in [-0.05, 0) is 38.6 Å². The summed E-state index contributed by atoms with van der Waals surface area (Å²) in [5.74, 6) is 0.937. The molecule has 0 aromatic heterocycles. The molecule has 2 N–H and O–H groups in total. The second-order valence-corrected chi connectivity index (χ2v) is 7.15. The Morgan fingerprint density at radius 2 is 1.88 bits per heavy atom. The average molecular weight is 380 g/mol. The minimum absolute atomic E-state index is 0.192. The Bertz CT molecular complexity index is 439. The van der Waals surface area contributed by atoms with Crippen LogP contribution in [0.15, 0.2) is 4.99 Å². The molecule has 1 rings (SSSR count). The van der Waals surface area contributed by atoms with Gasteiger partial charge in [0.25, 0.3) is 0 Å². The van der Waals surface area contributed by atoms with Crippen LogP contribution >= 0.6 is 0 Å². The summed E-state index contributed by atoms with van der Waals surface area (Å²) >= 11 is 0. The number of nitrogens with zero attached hydrogens (tertiary/aromatic N) is 3. The van der Waals surface area contributed by atoms with Crippen LogP contribution in [0, 0.1) is 5.92 Å². The summed E-state index contributed by atoms with van der Waals surface area (Å²) < 4.78 is 37.9. The molecule has 0 spiro atoms. The van der Waals surface area contributed by atoms with E-state index in [1.165, 1.54) is 4.90 Å². The van der Waals surface area contributed by atoms with Gasteiger partial charge in [-0.15, -0.1) is 0 Å². The van der Waals surface area contributed by atoms with Crippen molar-refractivity contribution in [3.05, 3.63) is 0 Å². The van der Waals surface area contributed by atoms with E-state index in [1.54, 1.807) is 6.92 Å². The fourth-order valence-electron chi connectivity index (χ4n) is 3.22. The molecule has 5 nitrogen and oxygen atoms in total. The summed E-state index contributed by atoms with van der Waals surface area (Å²) in [5.41, 5.74) is -0.800. The van der Waals surface area contributed by atoms with Crippen LogP contribution in [0.25, 0.3) is 0 Å². The van der Waals surface area contributed by atoms with Gasteiger partial charge in [-0.1, -0.05) is 20.8 Å². The molecule has 1 fully saturated rings. The normalized spacial score (nSPS) is 19.5. The van der Waals surface area contributed by atoms with Crippen LogP contribution in [-0.4, -0.2) is 78.5 Å². The maximum absolute atomic E-state index is 12.6. The van der Waals surface area contributed by atoms with Gasteiger partial charge in [0, 0.05) is 26.2 Å². The smallest absolute Gasteiger partial charge is 0.388 e. The van der Waals surface area contributed by atoms with Crippen molar-refractivity contribution in [1.82, 2.24) is 15.1 Å². The summed E-state index contributed by atoms with van der Waals surface area (Å²) in [6.45, 7) is 10.1. The summed E-state index contributed by atoms with van der Waals surface area (Å²) in [5, 5.41) is 13.7. The van der Waals surface area contributed by atoms with E-state index in [0.29, 0.717) is 45.6 Å². The van der Waals surface area contributed by atoms with Crippen LogP contribution < -0.4 is 5.32 Å². The molecule has 1 saturated heterocycles. The first-order chi connectivity index (χ1) is 12.2. The third-order valence-electron chi connectivity index (χ3n) is 5.13. The number of likely N-dealkylation sites (tertiary alicyclic amines) is 1. The first kappa shape index (κ1) is 23.0. The van der Waals surface area contributed by atoms with E-state index in [0.717, 1.165) is 18.9 Å². The standard InChI is InChI=1S/C18H35F3N4O/c1-5-17(26,6-2)13-23-16(22-7-3)25-10-9-15(12-25)11-24(8-4)14-18(19,20)21/h15,26H,5-14H2,1-4H3,(H,22,23). The van der Waals surface area contributed by atoms with Crippen molar-refractivity contribution < 1.29 is 18.3 Å². The maximum atomic E-state index is 12.6. The Balaban J connectivity index is 2.67. The lowest BCUT2D eigenvalue weighted by atomic mass is 9.98. The number of guanidine groups is 1. The molecule has 0 amide bonds. The van der Waals surface area contributed by atoms with Crippen LogP contribution in [0.4, 0.5) is 13.2 Å². The highest BCUT2D eigenvalue weighted by Gasteiger charge is 2.33. The van der Waals surface area contributed by atoms with E-state index in [9.17, 15) is 18.3 Å². The number of aliphatic hydroxyl groups is 1. The third kappa shape index (κ3) is 7.70. The zero-order chi connectivity index (χ0) is 19.8. The number of aliphatic imine (C=N–C) groups is 1. The van der Waals surface area contributed by atoms with Crippen molar-refractivity contribution in [2.45, 2.75) is 58.7 Å². The Kier molecular flexibility index (Phi) is 9.16. The van der Waals surface area contributed by atoms with Crippen molar-refractivity contribution in [2.24, 2.45) is 10.9 Å². The molecule has 1 atom stereocenters. The highest BCUT2D eigenvalue weighted by Crippen LogP contribution is 2.22. The first-order valence-corrected chi connectivity index (χ1v) is 9.71. The van der Waals surface area contributed by atoms with Gasteiger partial charge in [-0.2, -0.15) is 13.2 Å². The van der Waals surface area contributed by atoms with Crippen molar-refractivity contribution in [3.63, 3.8) is 0 Å². The van der Waals surface area contributed by atoms with Crippen molar-refractivity contribution in [3.8, 4) is 0 Å². The van der Waals surface area contributed by atoms with Gasteiger partial charge >= 0.3 is 6.18 Å². The van der Waals surface area contributed by atoms with E-state index in [1.807, 2.05) is 20.8 Å². The second kappa shape index (κ2) is 10.3. The number of rotatable bonds is 9. The quantitative estimate of drug-likeness (QED) is 0.477. The fraction of sp³-hybridized carbons (Fsp3) is 0.944. The predicted molar refractivity (Wildman–Crippen MR) is 99.4 cm³/mol. The Hall–Kier alpha value is -1.02. The van der Waals surface area contributed by atoms with Gasteiger partial charge in [0.05, 0.1) is 18.7 Å². The molecule has 1 aliphatic rings. The molecule has 0 aromatic rings. The van der Waals surface area contributed by atoms with E-state index in [4.69, 9.17) is 0 Å². The fourth-order valence-corrected chi connectivity index (χ4v) is 3.22. The third-order valence-corrected chi connectivity index (χ3v) is 5.13. The molecule has 26 heavy (non-hydrogen) atoms. The predicted octanol–water partition coefficient (Wildman–Crippen LogP) is 2.71. The summed E-state index contributed by atoms with van der Waals surface area (Å²) in [6.07, 6.45) is -2.03. The number of alkyl halides is 3. The van der Waals surface area contributed by atoms with Gasteiger partial charge in [0.1, 0.15) is 0 Å². The number of hydrogen-bond acceptors (Lipinski definition) is 3. The first-order valence-electron chi connectivity index (χ1n) is 9.71. The molecule has 1 heterocycles. The van der Waals surface area contributed by atoms with Gasteiger partial charge in [0.15, 0.2) is 5.96 Å². The number of halogens is 3. The topological polar surface area (TPSA) is 51.1 Å². The van der Waals surface area contributed by atoms with Gasteiger partial charge in [-0.3, -0.25) is 9.89 Å². The minimum atomic E-state index is -4.16. The maximum Gasteiger partial charge on any atom is 0.401 e. The molecule has 0 aromatic carbocycles. The lowest BCUT2D eigenvalue weighted by molar-refractivity contribution is -0.146. The highest BCUT2D eigenvalue weighted by molar-refractivity contribution is 5.80. The van der Waals surface area contributed by atoms with Crippen LogP contribution in [0.2, 0.25) is 0 Å². The molecule has 8 heteroatoms. The summed E-state index contributed by atoms with van der Waals surface area (Å²) in [6, 6.07) is 0. The number of nitrogens with one attached hydrogen (secondary N) is 1. The molecular weight excluding hydrogens is 345 g/mol. The highest BCUT2D eigenvalue weighted by atomic mass is 19.4. The minimum Gasteiger partial charge on any atom is -0.388 e. The molecule has 0 aliphatic carbocycles. The van der Waals surface area contributed by atoms with Crippen LogP contribution in [0.5, 0.6) is 0 Å². The van der Waals surface area contributed by atoms with Gasteiger partial charge in [-0.25, -0.2) is 0 Å². The molecule has 154 valence electrons. The molecular formula is C18H35F3N4O. The molecule has 0 radical (unpaired) electrons. The largest absolute Gasteiger partial charge is 0.401 e. The number of hydrogen-bond donors (Lipinski definition) is 2. The van der Waals surface area contributed by atoms with Crippen LogP contribution in [-0.2, 0) is 0 Å². The zero-order valence-electron chi connectivity index (χ0n) is 16.6. The summed E-state index contributed by atoms with van der Waals surface area (Å²) in [4.78, 5) is 8.15.